The summed E-state index contributed by atoms with van der Waals surface area (Å²) in [5.41, 5.74) is 2.87. The first-order chi connectivity index (χ1) is 7.95. The topological polar surface area (TPSA) is 3.24 Å². The lowest BCUT2D eigenvalue weighted by Gasteiger charge is -2.35. The number of hydrogen-bond donors (Lipinski definition) is 0. The lowest BCUT2D eigenvalue weighted by atomic mass is 9.92. The van der Waals surface area contributed by atoms with Gasteiger partial charge in [-0.05, 0) is 36.5 Å². The highest BCUT2D eigenvalue weighted by Gasteiger charge is 2.22. The number of allylic oxidation sites excluding steroid dienone is 1. The van der Waals surface area contributed by atoms with Gasteiger partial charge in [-0.15, -0.1) is 0 Å². The van der Waals surface area contributed by atoms with Crippen molar-refractivity contribution in [1.29, 1.82) is 0 Å². The van der Waals surface area contributed by atoms with Crippen LogP contribution in [0.1, 0.15) is 36.4 Å². The monoisotopic (exact) mass is 211 g/mol. The highest BCUT2D eigenvalue weighted by Crippen LogP contribution is 2.33. The Bertz CT molecular complexity index is 431. The van der Waals surface area contributed by atoms with E-state index in [1.165, 1.54) is 30.5 Å². The summed E-state index contributed by atoms with van der Waals surface area (Å²) in [4.78, 5) is 2.49. The third-order valence-electron chi connectivity index (χ3n) is 3.51. The molecule has 2 aliphatic rings. The molecule has 82 valence electrons. The molecule has 0 amide bonds. The van der Waals surface area contributed by atoms with Crippen LogP contribution in [0.5, 0.6) is 0 Å². The molecule has 16 heavy (non-hydrogen) atoms. The van der Waals surface area contributed by atoms with Gasteiger partial charge in [-0.3, -0.25) is 0 Å². The maximum Gasteiger partial charge on any atom is 0.0577 e. The Labute approximate surface area is 97.1 Å². The molecular formula is C15H17N. The average molecular weight is 211 g/mol. The molecule has 0 bridgehead atoms. The highest BCUT2D eigenvalue weighted by molar-refractivity contribution is 5.57. The van der Waals surface area contributed by atoms with Crippen LogP contribution in [0.15, 0.2) is 42.6 Å². The standard InChI is InChI=1S/C15H17N/c1-2-6-11-16-12-10-13-7-4-5-8-14(13)15(16)9-3-1/h1,3-5,7-8,10,12,15H,2,6,9,11H2/b3-1-. The Morgan fingerprint density at radius 1 is 1.12 bits per heavy atom. The van der Waals surface area contributed by atoms with Crippen LogP contribution in [-0.4, -0.2) is 11.4 Å². The zero-order valence-electron chi connectivity index (χ0n) is 9.47. The van der Waals surface area contributed by atoms with Gasteiger partial charge in [-0.1, -0.05) is 36.4 Å². The van der Waals surface area contributed by atoms with Crippen molar-refractivity contribution in [3.63, 3.8) is 0 Å². The fraction of sp³-hybridized carbons (Fsp3) is 0.333. The lowest BCUT2D eigenvalue weighted by Crippen LogP contribution is -2.27. The number of rotatable bonds is 0. The van der Waals surface area contributed by atoms with Gasteiger partial charge in [-0.25, -0.2) is 0 Å². The van der Waals surface area contributed by atoms with Gasteiger partial charge in [0.15, 0.2) is 0 Å². The van der Waals surface area contributed by atoms with E-state index in [1.54, 1.807) is 0 Å². The van der Waals surface area contributed by atoms with E-state index < -0.39 is 0 Å². The van der Waals surface area contributed by atoms with Gasteiger partial charge in [-0.2, -0.15) is 0 Å². The van der Waals surface area contributed by atoms with Gasteiger partial charge in [0.05, 0.1) is 6.04 Å². The highest BCUT2D eigenvalue weighted by atomic mass is 15.1. The van der Waals surface area contributed by atoms with Gasteiger partial charge in [0.25, 0.3) is 0 Å². The predicted octanol–water partition coefficient (Wildman–Crippen LogP) is 3.75. The number of fused-ring (bicyclic) bond motifs is 3. The van der Waals surface area contributed by atoms with Crippen LogP contribution < -0.4 is 0 Å². The molecule has 0 radical (unpaired) electrons. The number of nitrogens with zero attached hydrogens (tertiary/aromatic N) is 1. The van der Waals surface area contributed by atoms with Gasteiger partial charge < -0.3 is 4.90 Å². The molecule has 0 N–H and O–H groups in total. The van der Waals surface area contributed by atoms with Crippen LogP contribution >= 0.6 is 0 Å². The lowest BCUT2D eigenvalue weighted by molar-refractivity contribution is 0.272. The van der Waals surface area contributed by atoms with E-state index in [-0.39, 0.29) is 0 Å². The predicted molar refractivity (Wildman–Crippen MR) is 67.9 cm³/mol. The van der Waals surface area contributed by atoms with Crippen molar-refractivity contribution in [3.8, 4) is 0 Å². The molecular weight excluding hydrogens is 194 g/mol. The van der Waals surface area contributed by atoms with E-state index in [4.69, 9.17) is 0 Å². The fourth-order valence-corrected chi connectivity index (χ4v) is 2.65. The van der Waals surface area contributed by atoms with E-state index in [9.17, 15) is 0 Å². The summed E-state index contributed by atoms with van der Waals surface area (Å²) in [7, 11) is 0. The normalized spacial score (nSPS) is 25.2. The smallest absolute Gasteiger partial charge is 0.0577 e. The zero-order valence-corrected chi connectivity index (χ0v) is 9.47. The summed E-state index contributed by atoms with van der Waals surface area (Å²) >= 11 is 0. The average Bonchev–Trinajstić information content (AvgIpc) is 2.29. The minimum Gasteiger partial charge on any atom is -0.370 e. The number of hydrogen-bond acceptors (Lipinski definition) is 1. The second-order valence-electron chi connectivity index (χ2n) is 4.55. The second-order valence-corrected chi connectivity index (χ2v) is 4.55. The Kier molecular flexibility index (Phi) is 2.53. The van der Waals surface area contributed by atoms with Crippen LogP contribution in [0.2, 0.25) is 0 Å². The van der Waals surface area contributed by atoms with Crippen molar-refractivity contribution in [2.45, 2.75) is 25.3 Å². The summed E-state index contributed by atoms with van der Waals surface area (Å²) < 4.78 is 0. The molecule has 1 aromatic carbocycles. The molecule has 3 rings (SSSR count). The summed E-state index contributed by atoms with van der Waals surface area (Å²) in [5, 5.41) is 0. The second kappa shape index (κ2) is 4.17. The Morgan fingerprint density at radius 2 is 2.06 bits per heavy atom. The molecule has 0 saturated heterocycles. The van der Waals surface area contributed by atoms with Crippen molar-refractivity contribution in [1.82, 2.24) is 4.90 Å². The summed E-state index contributed by atoms with van der Waals surface area (Å²) in [6.07, 6.45) is 12.8. The largest absolute Gasteiger partial charge is 0.370 e. The third-order valence-corrected chi connectivity index (χ3v) is 3.51. The maximum atomic E-state index is 2.49. The molecule has 0 aliphatic carbocycles. The van der Waals surface area contributed by atoms with Gasteiger partial charge in [0, 0.05) is 12.7 Å². The van der Waals surface area contributed by atoms with Crippen LogP contribution in [0, 0.1) is 0 Å². The van der Waals surface area contributed by atoms with Gasteiger partial charge in [0.2, 0.25) is 0 Å². The quantitative estimate of drug-likeness (QED) is 0.591. The van der Waals surface area contributed by atoms with Crippen molar-refractivity contribution in [2.75, 3.05) is 6.54 Å². The Morgan fingerprint density at radius 3 is 3.06 bits per heavy atom. The molecule has 1 nitrogen and oxygen atoms in total. The molecule has 2 heterocycles. The molecule has 1 atom stereocenters. The van der Waals surface area contributed by atoms with E-state index in [2.05, 4.69) is 53.6 Å². The first-order valence-corrected chi connectivity index (χ1v) is 6.13. The minimum atomic E-state index is 0.553. The van der Waals surface area contributed by atoms with Crippen LogP contribution in [0.3, 0.4) is 0 Å². The molecule has 2 aliphatic heterocycles. The minimum absolute atomic E-state index is 0.553. The first-order valence-electron chi connectivity index (χ1n) is 6.13. The van der Waals surface area contributed by atoms with Gasteiger partial charge >= 0.3 is 0 Å². The van der Waals surface area contributed by atoms with Crippen LogP contribution in [-0.2, 0) is 0 Å². The molecule has 0 aromatic heterocycles. The Hall–Kier alpha value is -1.50. The van der Waals surface area contributed by atoms with E-state index in [1.807, 2.05) is 0 Å². The molecule has 0 fully saturated rings. The van der Waals surface area contributed by atoms with Crippen molar-refractivity contribution in [2.24, 2.45) is 0 Å². The molecule has 1 heteroatoms. The van der Waals surface area contributed by atoms with E-state index in [0.29, 0.717) is 6.04 Å². The van der Waals surface area contributed by atoms with Crippen molar-refractivity contribution >= 4 is 6.08 Å². The summed E-state index contributed by atoms with van der Waals surface area (Å²) in [6, 6.07) is 9.31. The molecule has 0 spiro atoms. The summed E-state index contributed by atoms with van der Waals surface area (Å²) in [6.45, 7) is 1.18. The molecule has 1 unspecified atom stereocenters. The van der Waals surface area contributed by atoms with Crippen LogP contribution in [0.25, 0.3) is 6.08 Å². The fourth-order valence-electron chi connectivity index (χ4n) is 2.65. The van der Waals surface area contributed by atoms with Crippen molar-refractivity contribution in [3.05, 3.63) is 53.7 Å². The van der Waals surface area contributed by atoms with E-state index in [0.717, 1.165) is 6.42 Å². The molecule has 1 aromatic rings. The first kappa shape index (κ1) is 9.71. The zero-order chi connectivity index (χ0) is 10.8. The SMILES string of the molecule is C1=CN2CCC/C=C\CC2c2ccccc21. The Balaban J connectivity index is 2.00. The number of benzene rings is 1. The maximum absolute atomic E-state index is 2.49. The van der Waals surface area contributed by atoms with E-state index >= 15 is 0 Å². The summed E-state index contributed by atoms with van der Waals surface area (Å²) in [5.74, 6) is 0. The third kappa shape index (κ3) is 1.67. The van der Waals surface area contributed by atoms with Crippen molar-refractivity contribution < 1.29 is 0 Å². The van der Waals surface area contributed by atoms with Crippen LogP contribution in [0.4, 0.5) is 0 Å². The van der Waals surface area contributed by atoms with Gasteiger partial charge in [0.1, 0.15) is 0 Å². The molecule has 0 saturated carbocycles.